The fraction of sp³-hybridized carbons (Fsp3) is 0.333. The molecular weight excluding hydrogens is 338 g/mol. The van der Waals surface area contributed by atoms with Crippen LogP contribution >= 0.6 is 0 Å². The van der Waals surface area contributed by atoms with Gasteiger partial charge in [0.1, 0.15) is 11.3 Å². The van der Waals surface area contributed by atoms with E-state index in [1.807, 2.05) is 12.1 Å². The highest BCUT2D eigenvalue weighted by Crippen LogP contribution is 2.23. The summed E-state index contributed by atoms with van der Waals surface area (Å²) in [6.07, 6.45) is 1.05. The van der Waals surface area contributed by atoms with Crippen LogP contribution in [0.4, 0.5) is 0 Å². The first kappa shape index (κ1) is 17.7. The molecule has 0 saturated carbocycles. The summed E-state index contributed by atoms with van der Waals surface area (Å²) in [6, 6.07) is 13.9. The summed E-state index contributed by atoms with van der Waals surface area (Å²) >= 11 is 0. The SMILES string of the molecule is CN1CCN(CCc2ccc(-c3nc4c(C(N)=O)cccc4[nH]3)cc2)CC1. The highest BCUT2D eigenvalue weighted by atomic mass is 16.1. The zero-order valence-corrected chi connectivity index (χ0v) is 15.6. The summed E-state index contributed by atoms with van der Waals surface area (Å²) in [5.41, 5.74) is 9.67. The maximum atomic E-state index is 11.6. The zero-order valence-electron chi connectivity index (χ0n) is 15.6. The first-order valence-corrected chi connectivity index (χ1v) is 9.39. The van der Waals surface area contributed by atoms with Gasteiger partial charge in [-0.3, -0.25) is 4.79 Å². The summed E-state index contributed by atoms with van der Waals surface area (Å²) in [7, 11) is 2.18. The Balaban J connectivity index is 1.47. The van der Waals surface area contributed by atoms with E-state index in [9.17, 15) is 4.79 Å². The molecule has 27 heavy (non-hydrogen) atoms. The number of nitrogens with zero attached hydrogens (tertiary/aromatic N) is 3. The lowest BCUT2D eigenvalue weighted by atomic mass is 10.1. The van der Waals surface area contributed by atoms with Gasteiger partial charge >= 0.3 is 0 Å². The number of aromatic amines is 1. The lowest BCUT2D eigenvalue weighted by Gasteiger charge is -2.32. The van der Waals surface area contributed by atoms with Gasteiger partial charge in [-0.25, -0.2) is 4.98 Å². The standard InChI is InChI=1S/C21H25N5O/c1-25-11-13-26(14-12-25)10-9-15-5-7-16(8-6-15)21-23-18-4-2-3-17(20(22)27)19(18)24-21/h2-8H,9-14H2,1H3,(H2,22,27)(H,23,24). The van der Waals surface area contributed by atoms with Crippen LogP contribution in [0.1, 0.15) is 15.9 Å². The smallest absolute Gasteiger partial charge is 0.250 e. The number of carbonyl (C=O) groups excluding carboxylic acids is 1. The molecule has 1 saturated heterocycles. The van der Waals surface area contributed by atoms with Crippen LogP contribution in [0, 0.1) is 0 Å². The minimum atomic E-state index is -0.460. The third kappa shape index (κ3) is 3.86. The number of para-hydroxylation sites is 1. The molecule has 3 N–H and O–H groups in total. The molecule has 1 aliphatic heterocycles. The first-order valence-electron chi connectivity index (χ1n) is 9.39. The number of carbonyl (C=O) groups is 1. The van der Waals surface area contributed by atoms with Crippen molar-refractivity contribution in [3.63, 3.8) is 0 Å². The van der Waals surface area contributed by atoms with Gasteiger partial charge in [0, 0.05) is 38.3 Å². The van der Waals surface area contributed by atoms with Crippen LogP contribution in [0.5, 0.6) is 0 Å². The molecule has 1 fully saturated rings. The van der Waals surface area contributed by atoms with Gasteiger partial charge in [0.15, 0.2) is 0 Å². The molecule has 0 atom stereocenters. The lowest BCUT2D eigenvalue weighted by Crippen LogP contribution is -2.45. The largest absolute Gasteiger partial charge is 0.366 e. The summed E-state index contributed by atoms with van der Waals surface area (Å²) in [5, 5.41) is 0. The van der Waals surface area contributed by atoms with Gasteiger partial charge in [-0.05, 0) is 31.2 Å². The Morgan fingerprint density at radius 1 is 1.11 bits per heavy atom. The maximum Gasteiger partial charge on any atom is 0.250 e. The first-order chi connectivity index (χ1) is 13.1. The van der Waals surface area contributed by atoms with E-state index in [2.05, 4.69) is 51.1 Å². The summed E-state index contributed by atoms with van der Waals surface area (Å²) in [4.78, 5) is 24.4. The van der Waals surface area contributed by atoms with E-state index in [-0.39, 0.29) is 0 Å². The molecule has 0 bridgehead atoms. The fourth-order valence-corrected chi connectivity index (χ4v) is 3.56. The van der Waals surface area contributed by atoms with Gasteiger partial charge < -0.3 is 20.5 Å². The van der Waals surface area contributed by atoms with Crippen LogP contribution in [0.25, 0.3) is 22.4 Å². The summed E-state index contributed by atoms with van der Waals surface area (Å²) < 4.78 is 0. The van der Waals surface area contributed by atoms with Gasteiger partial charge in [0.25, 0.3) is 5.91 Å². The molecule has 0 spiro atoms. The average molecular weight is 363 g/mol. The van der Waals surface area contributed by atoms with Crippen molar-refractivity contribution < 1.29 is 4.79 Å². The monoisotopic (exact) mass is 363 g/mol. The molecule has 1 aromatic heterocycles. The van der Waals surface area contributed by atoms with Crippen molar-refractivity contribution in [1.29, 1.82) is 0 Å². The van der Waals surface area contributed by atoms with Crippen molar-refractivity contribution in [3.05, 3.63) is 53.6 Å². The number of imidazole rings is 1. The van der Waals surface area contributed by atoms with Crippen molar-refractivity contribution >= 4 is 16.9 Å². The van der Waals surface area contributed by atoms with Crippen LogP contribution in [0.15, 0.2) is 42.5 Å². The number of H-pyrrole nitrogens is 1. The molecule has 4 rings (SSSR count). The van der Waals surface area contributed by atoms with Crippen LogP contribution in [0.3, 0.4) is 0 Å². The third-order valence-corrected chi connectivity index (χ3v) is 5.32. The van der Waals surface area contributed by atoms with E-state index in [1.165, 1.54) is 5.56 Å². The Bertz CT molecular complexity index is 939. The van der Waals surface area contributed by atoms with Crippen molar-refractivity contribution in [2.24, 2.45) is 5.73 Å². The van der Waals surface area contributed by atoms with E-state index < -0.39 is 5.91 Å². The maximum absolute atomic E-state index is 11.6. The minimum absolute atomic E-state index is 0.443. The predicted octanol–water partition coefficient (Wildman–Crippen LogP) is 2.12. The van der Waals surface area contributed by atoms with Crippen molar-refractivity contribution in [1.82, 2.24) is 19.8 Å². The minimum Gasteiger partial charge on any atom is -0.366 e. The van der Waals surface area contributed by atoms with E-state index in [1.54, 1.807) is 6.07 Å². The van der Waals surface area contributed by atoms with Gasteiger partial charge in [-0.15, -0.1) is 0 Å². The van der Waals surface area contributed by atoms with Crippen LogP contribution in [0.2, 0.25) is 0 Å². The average Bonchev–Trinajstić information content (AvgIpc) is 3.12. The summed E-state index contributed by atoms with van der Waals surface area (Å²) in [5.74, 6) is 0.294. The van der Waals surface area contributed by atoms with E-state index >= 15 is 0 Å². The molecule has 6 heteroatoms. The number of fused-ring (bicyclic) bond motifs is 1. The second-order valence-electron chi connectivity index (χ2n) is 7.24. The Morgan fingerprint density at radius 2 is 1.85 bits per heavy atom. The number of benzene rings is 2. The van der Waals surface area contributed by atoms with Crippen LogP contribution < -0.4 is 5.73 Å². The summed E-state index contributed by atoms with van der Waals surface area (Å²) in [6.45, 7) is 5.70. The molecule has 1 amide bonds. The number of hydrogen-bond acceptors (Lipinski definition) is 4. The zero-order chi connectivity index (χ0) is 18.8. The fourth-order valence-electron chi connectivity index (χ4n) is 3.56. The van der Waals surface area contributed by atoms with Gasteiger partial charge in [-0.2, -0.15) is 0 Å². The molecule has 3 aromatic rings. The number of nitrogens with two attached hydrogens (primary N) is 1. The van der Waals surface area contributed by atoms with Crippen molar-refractivity contribution in [3.8, 4) is 11.4 Å². The Morgan fingerprint density at radius 3 is 2.56 bits per heavy atom. The Hall–Kier alpha value is -2.70. The molecule has 1 aliphatic rings. The number of primary amides is 1. The Labute approximate surface area is 159 Å². The molecule has 140 valence electrons. The number of nitrogens with one attached hydrogen (secondary N) is 1. The number of aromatic nitrogens is 2. The van der Waals surface area contributed by atoms with E-state index in [0.717, 1.165) is 56.0 Å². The molecule has 2 heterocycles. The highest BCUT2D eigenvalue weighted by Gasteiger charge is 2.14. The predicted molar refractivity (Wildman–Crippen MR) is 108 cm³/mol. The second kappa shape index (κ2) is 7.50. The topological polar surface area (TPSA) is 78.2 Å². The number of hydrogen-bond donors (Lipinski definition) is 2. The highest BCUT2D eigenvalue weighted by molar-refractivity contribution is 6.04. The molecular formula is C21H25N5O. The van der Waals surface area contributed by atoms with Gasteiger partial charge in [0.05, 0.1) is 11.1 Å². The van der Waals surface area contributed by atoms with Gasteiger partial charge in [-0.1, -0.05) is 30.3 Å². The molecule has 6 nitrogen and oxygen atoms in total. The van der Waals surface area contributed by atoms with Crippen LogP contribution in [-0.2, 0) is 6.42 Å². The molecule has 0 radical (unpaired) electrons. The molecule has 2 aromatic carbocycles. The van der Waals surface area contributed by atoms with E-state index in [4.69, 9.17) is 5.73 Å². The molecule has 0 aliphatic carbocycles. The van der Waals surface area contributed by atoms with Crippen molar-refractivity contribution in [2.75, 3.05) is 39.8 Å². The number of piperazine rings is 1. The van der Waals surface area contributed by atoms with Crippen LogP contribution in [-0.4, -0.2) is 65.4 Å². The molecule has 0 unspecified atom stereocenters. The van der Waals surface area contributed by atoms with Gasteiger partial charge in [0.2, 0.25) is 0 Å². The normalized spacial score (nSPS) is 16.0. The van der Waals surface area contributed by atoms with Crippen molar-refractivity contribution in [2.45, 2.75) is 6.42 Å². The number of likely N-dealkylation sites (N-methyl/N-ethyl adjacent to an activating group) is 1. The number of amides is 1. The Kier molecular flexibility index (Phi) is 4.92. The number of rotatable bonds is 5. The van der Waals surface area contributed by atoms with E-state index in [0.29, 0.717) is 11.1 Å². The second-order valence-corrected chi connectivity index (χ2v) is 7.24. The lowest BCUT2D eigenvalue weighted by molar-refractivity contribution is 0.100. The quantitative estimate of drug-likeness (QED) is 0.728. The third-order valence-electron chi connectivity index (χ3n) is 5.32.